The third-order valence-corrected chi connectivity index (χ3v) is 3.18. The van der Waals surface area contributed by atoms with E-state index in [1.54, 1.807) is 0 Å². The number of nitrogens with two attached hydrogens (primary N) is 1. The minimum atomic E-state index is -0.328. The van der Waals surface area contributed by atoms with E-state index in [1.807, 2.05) is 19.2 Å². The second-order valence-electron chi connectivity index (χ2n) is 4.27. The lowest BCUT2D eigenvalue weighted by Crippen LogP contribution is -2.15. The Hall–Kier alpha value is -1.55. The van der Waals surface area contributed by atoms with Gasteiger partial charge in [-0.2, -0.15) is 0 Å². The van der Waals surface area contributed by atoms with Crippen LogP contribution in [0.25, 0.3) is 0 Å². The zero-order valence-corrected chi connectivity index (χ0v) is 10.0. The van der Waals surface area contributed by atoms with Gasteiger partial charge in [-0.1, -0.05) is 12.1 Å². The van der Waals surface area contributed by atoms with Crippen LogP contribution in [-0.4, -0.2) is 19.6 Å². The quantitative estimate of drug-likeness (QED) is 0.803. The van der Waals surface area contributed by atoms with Gasteiger partial charge in [-0.15, -0.1) is 0 Å². The molecule has 4 nitrogen and oxygen atoms in total. The molecule has 1 aromatic carbocycles. The van der Waals surface area contributed by atoms with Crippen LogP contribution < -0.4 is 15.8 Å². The van der Waals surface area contributed by atoms with Crippen LogP contribution in [-0.2, 0) is 11.2 Å². The Bertz CT molecular complexity index is 418. The minimum absolute atomic E-state index is 0.263. The smallest absolute Gasteiger partial charge is 0.220 e. The molecular formula is C13H18N2O2. The van der Waals surface area contributed by atoms with Crippen molar-refractivity contribution in [2.45, 2.75) is 25.3 Å². The number of amides is 1. The Labute approximate surface area is 101 Å². The lowest BCUT2D eigenvalue weighted by Gasteiger charge is -2.12. The number of benzene rings is 1. The van der Waals surface area contributed by atoms with Crippen LogP contribution >= 0.6 is 0 Å². The molecule has 1 amide bonds. The summed E-state index contributed by atoms with van der Waals surface area (Å²) in [6, 6.07) is 6.50. The Kier molecular flexibility index (Phi) is 3.64. The predicted octanol–water partition coefficient (Wildman–Crippen LogP) is 1.15. The fourth-order valence-corrected chi connectivity index (χ4v) is 2.32. The summed E-state index contributed by atoms with van der Waals surface area (Å²) in [4.78, 5) is 10.7. The summed E-state index contributed by atoms with van der Waals surface area (Å²) < 4.78 is 5.62. The molecule has 1 aromatic rings. The van der Waals surface area contributed by atoms with Crippen LogP contribution in [0.4, 0.5) is 0 Å². The molecule has 0 bridgehead atoms. The number of hydrogen-bond acceptors (Lipinski definition) is 3. The first-order chi connectivity index (χ1) is 8.22. The zero-order valence-electron chi connectivity index (χ0n) is 10.0. The SMILES string of the molecule is CNC1CCc2c(OCCC(N)=O)cccc21. The Morgan fingerprint density at radius 2 is 2.41 bits per heavy atom. The van der Waals surface area contributed by atoms with Gasteiger partial charge in [-0.25, -0.2) is 0 Å². The van der Waals surface area contributed by atoms with Gasteiger partial charge in [0.15, 0.2) is 0 Å². The molecule has 1 atom stereocenters. The van der Waals surface area contributed by atoms with Gasteiger partial charge >= 0.3 is 0 Å². The van der Waals surface area contributed by atoms with Crippen molar-refractivity contribution in [2.24, 2.45) is 5.73 Å². The fraction of sp³-hybridized carbons (Fsp3) is 0.462. The molecule has 0 aromatic heterocycles. The molecule has 4 heteroatoms. The second-order valence-corrected chi connectivity index (χ2v) is 4.27. The van der Waals surface area contributed by atoms with Crippen LogP contribution in [0.15, 0.2) is 18.2 Å². The van der Waals surface area contributed by atoms with E-state index in [9.17, 15) is 4.79 Å². The number of fused-ring (bicyclic) bond motifs is 1. The van der Waals surface area contributed by atoms with E-state index in [2.05, 4.69) is 11.4 Å². The maximum absolute atomic E-state index is 10.7. The topological polar surface area (TPSA) is 64.3 Å². The maximum Gasteiger partial charge on any atom is 0.220 e. The largest absolute Gasteiger partial charge is 0.493 e. The highest BCUT2D eigenvalue weighted by Gasteiger charge is 2.23. The predicted molar refractivity (Wildman–Crippen MR) is 65.9 cm³/mol. The molecule has 0 radical (unpaired) electrons. The maximum atomic E-state index is 10.7. The molecule has 0 saturated carbocycles. The highest BCUT2D eigenvalue weighted by atomic mass is 16.5. The Morgan fingerprint density at radius 3 is 3.12 bits per heavy atom. The van der Waals surface area contributed by atoms with Gasteiger partial charge in [0.05, 0.1) is 13.0 Å². The molecule has 0 fully saturated rings. The van der Waals surface area contributed by atoms with Crippen molar-refractivity contribution in [3.63, 3.8) is 0 Å². The van der Waals surface area contributed by atoms with E-state index >= 15 is 0 Å². The van der Waals surface area contributed by atoms with Gasteiger partial charge in [0, 0.05) is 6.04 Å². The summed E-state index contributed by atoms with van der Waals surface area (Å²) in [5.74, 6) is 0.562. The lowest BCUT2D eigenvalue weighted by molar-refractivity contribution is -0.118. The number of ether oxygens (including phenoxy) is 1. The highest BCUT2D eigenvalue weighted by Crippen LogP contribution is 2.36. The van der Waals surface area contributed by atoms with E-state index in [4.69, 9.17) is 10.5 Å². The summed E-state index contributed by atoms with van der Waals surface area (Å²) in [5.41, 5.74) is 7.65. The second kappa shape index (κ2) is 5.19. The normalized spacial score (nSPS) is 17.8. The standard InChI is InChI=1S/C13H18N2O2/c1-15-11-6-5-10-9(11)3-2-4-12(10)17-8-7-13(14)16/h2-4,11,15H,5-8H2,1H3,(H2,14,16). The molecule has 1 aliphatic rings. The highest BCUT2D eigenvalue weighted by molar-refractivity contribution is 5.73. The molecule has 2 rings (SSSR count). The van der Waals surface area contributed by atoms with Gasteiger partial charge in [0.2, 0.25) is 5.91 Å². The third-order valence-electron chi connectivity index (χ3n) is 3.18. The number of carbonyl (C=O) groups is 1. The molecule has 17 heavy (non-hydrogen) atoms. The summed E-state index contributed by atoms with van der Waals surface area (Å²) in [6.45, 7) is 0.357. The Balaban J connectivity index is 2.09. The molecule has 1 unspecified atom stereocenters. The van der Waals surface area contributed by atoms with Crippen LogP contribution in [0.2, 0.25) is 0 Å². The van der Waals surface area contributed by atoms with Gasteiger partial charge in [-0.05, 0) is 37.1 Å². The monoisotopic (exact) mass is 234 g/mol. The first-order valence-corrected chi connectivity index (χ1v) is 5.92. The van der Waals surface area contributed by atoms with Crippen LogP contribution in [0.1, 0.15) is 30.0 Å². The molecular weight excluding hydrogens is 216 g/mol. The van der Waals surface area contributed by atoms with Crippen LogP contribution in [0, 0.1) is 0 Å². The van der Waals surface area contributed by atoms with Crippen LogP contribution in [0.3, 0.4) is 0 Å². The number of rotatable bonds is 5. The number of hydrogen-bond donors (Lipinski definition) is 2. The average molecular weight is 234 g/mol. The summed E-state index contributed by atoms with van der Waals surface area (Å²) in [6.07, 6.45) is 2.38. The molecule has 92 valence electrons. The Morgan fingerprint density at radius 1 is 1.59 bits per heavy atom. The molecule has 0 spiro atoms. The van der Waals surface area contributed by atoms with Crippen molar-refractivity contribution in [1.29, 1.82) is 0 Å². The van der Waals surface area contributed by atoms with E-state index in [1.165, 1.54) is 11.1 Å². The number of primary amides is 1. The van der Waals surface area contributed by atoms with Crippen molar-refractivity contribution < 1.29 is 9.53 Å². The first kappa shape index (κ1) is 11.9. The zero-order chi connectivity index (χ0) is 12.3. The van der Waals surface area contributed by atoms with E-state index in [0.29, 0.717) is 12.6 Å². The molecule has 3 N–H and O–H groups in total. The van der Waals surface area contributed by atoms with Gasteiger partial charge in [0.1, 0.15) is 5.75 Å². The molecule has 0 saturated heterocycles. The van der Waals surface area contributed by atoms with Crippen LogP contribution in [0.5, 0.6) is 5.75 Å². The van der Waals surface area contributed by atoms with E-state index < -0.39 is 0 Å². The lowest BCUT2D eigenvalue weighted by atomic mass is 10.1. The van der Waals surface area contributed by atoms with Crippen molar-refractivity contribution in [3.8, 4) is 5.75 Å². The summed E-state index contributed by atoms with van der Waals surface area (Å²) >= 11 is 0. The van der Waals surface area contributed by atoms with Crippen molar-refractivity contribution >= 4 is 5.91 Å². The summed E-state index contributed by atoms with van der Waals surface area (Å²) in [7, 11) is 1.97. The minimum Gasteiger partial charge on any atom is -0.493 e. The third kappa shape index (κ3) is 2.58. The van der Waals surface area contributed by atoms with E-state index in [0.717, 1.165) is 18.6 Å². The fourth-order valence-electron chi connectivity index (χ4n) is 2.32. The first-order valence-electron chi connectivity index (χ1n) is 5.92. The van der Waals surface area contributed by atoms with Crippen molar-refractivity contribution in [2.75, 3.05) is 13.7 Å². The summed E-state index contributed by atoms with van der Waals surface area (Å²) in [5, 5.41) is 3.29. The van der Waals surface area contributed by atoms with Gasteiger partial charge in [-0.3, -0.25) is 4.79 Å². The van der Waals surface area contributed by atoms with Gasteiger partial charge < -0.3 is 15.8 Å². The van der Waals surface area contributed by atoms with Crippen molar-refractivity contribution in [1.82, 2.24) is 5.32 Å². The average Bonchev–Trinajstić information content (AvgIpc) is 2.72. The van der Waals surface area contributed by atoms with E-state index in [-0.39, 0.29) is 12.3 Å². The number of nitrogens with one attached hydrogen (secondary N) is 1. The number of carbonyl (C=O) groups excluding carboxylic acids is 1. The molecule has 1 aliphatic carbocycles. The van der Waals surface area contributed by atoms with Crippen molar-refractivity contribution in [3.05, 3.63) is 29.3 Å². The van der Waals surface area contributed by atoms with Gasteiger partial charge in [0.25, 0.3) is 0 Å². The molecule has 0 heterocycles. The molecule has 0 aliphatic heterocycles.